The SMILES string of the molecule is O=C(OC[C@@H]1CCCO1)c1cccc(N2NC(=O)[C@H]3CC=CC[C@H]3C2=O)c1. The smallest absolute Gasteiger partial charge is 0.338 e. The summed E-state index contributed by atoms with van der Waals surface area (Å²) in [7, 11) is 0. The monoisotopic (exact) mass is 370 g/mol. The summed E-state index contributed by atoms with van der Waals surface area (Å²) in [5.74, 6) is -1.48. The van der Waals surface area contributed by atoms with Crippen LogP contribution >= 0.6 is 0 Å². The Bertz CT molecular complexity index is 784. The molecule has 142 valence electrons. The molecule has 1 aromatic rings. The molecule has 2 fully saturated rings. The normalized spacial score (nSPS) is 27.3. The van der Waals surface area contributed by atoms with Crippen LogP contribution in [0.1, 0.15) is 36.0 Å². The lowest BCUT2D eigenvalue weighted by molar-refractivity contribution is -0.139. The number of carbonyl (C=O) groups excluding carboxylic acids is 3. The van der Waals surface area contributed by atoms with E-state index >= 15 is 0 Å². The Morgan fingerprint density at radius 3 is 2.81 bits per heavy atom. The highest BCUT2D eigenvalue weighted by atomic mass is 16.6. The molecule has 0 aromatic heterocycles. The van der Waals surface area contributed by atoms with Gasteiger partial charge < -0.3 is 9.47 Å². The van der Waals surface area contributed by atoms with E-state index < -0.39 is 5.97 Å². The summed E-state index contributed by atoms with van der Waals surface area (Å²) in [5.41, 5.74) is 3.45. The van der Waals surface area contributed by atoms with Gasteiger partial charge in [0.15, 0.2) is 0 Å². The fourth-order valence-corrected chi connectivity index (χ4v) is 3.78. The van der Waals surface area contributed by atoms with Gasteiger partial charge in [-0.3, -0.25) is 15.0 Å². The zero-order chi connectivity index (χ0) is 18.8. The number of hydrogen-bond donors (Lipinski definition) is 1. The van der Waals surface area contributed by atoms with Crippen molar-refractivity contribution in [2.75, 3.05) is 18.2 Å². The predicted octanol–water partition coefficient (Wildman–Crippen LogP) is 1.98. The molecule has 2 heterocycles. The second-order valence-corrected chi connectivity index (χ2v) is 7.09. The third-order valence-electron chi connectivity index (χ3n) is 5.29. The number of fused-ring (bicyclic) bond motifs is 1. The summed E-state index contributed by atoms with van der Waals surface area (Å²) in [6.07, 6.45) is 6.83. The fraction of sp³-hybridized carbons (Fsp3) is 0.450. The van der Waals surface area contributed by atoms with Gasteiger partial charge in [-0.2, -0.15) is 0 Å². The maximum atomic E-state index is 12.8. The number of nitrogens with zero attached hydrogens (tertiary/aromatic N) is 1. The molecule has 27 heavy (non-hydrogen) atoms. The Balaban J connectivity index is 1.48. The van der Waals surface area contributed by atoms with Crippen LogP contribution < -0.4 is 10.4 Å². The summed E-state index contributed by atoms with van der Waals surface area (Å²) in [6.45, 7) is 0.921. The average molecular weight is 370 g/mol. The molecule has 2 amide bonds. The van der Waals surface area contributed by atoms with Crippen LogP contribution in [0.25, 0.3) is 0 Å². The van der Waals surface area contributed by atoms with E-state index in [1.807, 2.05) is 12.2 Å². The molecule has 0 unspecified atom stereocenters. The molecule has 0 spiro atoms. The standard InChI is InChI=1S/C20H22N2O5/c23-18-16-8-1-2-9-17(16)19(24)22(21-18)14-6-3-5-13(11-14)20(25)27-12-15-7-4-10-26-15/h1-3,5-6,11,15-17H,4,7-10,12H2,(H,21,23)/t15-,16-,17+/m0/s1. The molecule has 0 radical (unpaired) electrons. The quantitative estimate of drug-likeness (QED) is 0.647. The molecule has 1 N–H and O–H groups in total. The van der Waals surface area contributed by atoms with Crippen LogP contribution in [0.2, 0.25) is 0 Å². The Morgan fingerprint density at radius 2 is 2.04 bits per heavy atom. The van der Waals surface area contributed by atoms with Crippen molar-refractivity contribution in [1.82, 2.24) is 5.43 Å². The van der Waals surface area contributed by atoms with E-state index in [0.717, 1.165) is 12.8 Å². The Kier molecular flexibility index (Phi) is 4.94. The van der Waals surface area contributed by atoms with Crippen LogP contribution in [0.3, 0.4) is 0 Å². The van der Waals surface area contributed by atoms with Gasteiger partial charge in [0.2, 0.25) is 11.8 Å². The lowest BCUT2D eigenvalue weighted by Crippen LogP contribution is -2.59. The van der Waals surface area contributed by atoms with Gasteiger partial charge in [0.05, 0.1) is 29.2 Å². The zero-order valence-corrected chi connectivity index (χ0v) is 14.9. The molecular formula is C20H22N2O5. The molecule has 2 aliphatic heterocycles. The van der Waals surface area contributed by atoms with Gasteiger partial charge in [-0.25, -0.2) is 9.80 Å². The first kappa shape index (κ1) is 17.7. The van der Waals surface area contributed by atoms with E-state index in [1.165, 1.54) is 5.01 Å². The summed E-state index contributed by atoms with van der Waals surface area (Å²) in [5, 5.41) is 1.25. The highest BCUT2D eigenvalue weighted by Gasteiger charge is 2.42. The van der Waals surface area contributed by atoms with Gasteiger partial charge in [0.25, 0.3) is 0 Å². The number of carbonyl (C=O) groups is 3. The lowest BCUT2D eigenvalue weighted by Gasteiger charge is -2.38. The van der Waals surface area contributed by atoms with Crippen molar-refractivity contribution >= 4 is 23.5 Å². The van der Waals surface area contributed by atoms with Gasteiger partial charge in [-0.1, -0.05) is 18.2 Å². The highest BCUT2D eigenvalue weighted by Crippen LogP contribution is 2.32. The Hall–Kier alpha value is -2.67. The molecule has 1 aromatic carbocycles. The number of nitrogens with one attached hydrogen (secondary N) is 1. The van der Waals surface area contributed by atoms with Crippen molar-refractivity contribution in [2.45, 2.75) is 31.8 Å². The molecule has 3 atom stereocenters. The number of ether oxygens (including phenoxy) is 2. The molecule has 0 bridgehead atoms. The minimum absolute atomic E-state index is 0.0450. The molecule has 0 saturated carbocycles. The number of esters is 1. The van der Waals surface area contributed by atoms with Gasteiger partial charge >= 0.3 is 5.97 Å². The van der Waals surface area contributed by atoms with Crippen LogP contribution in [0, 0.1) is 11.8 Å². The number of hydrazine groups is 1. The number of benzene rings is 1. The summed E-state index contributed by atoms with van der Waals surface area (Å²) >= 11 is 0. The number of hydrogen-bond acceptors (Lipinski definition) is 5. The number of amides is 2. The van der Waals surface area contributed by atoms with Crippen molar-refractivity contribution in [2.24, 2.45) is 11.8 Å². The molecule has 7 heteroatoms. The first-order valence-electron chi connectivity index (χ1n) is 9.32. The molecule has 4 rings (SSSR count). The van der Waals surface area contributed by atoms with E-state index in [9.17, 15) is 14.4 Å². The maximum absolute atomic E-state index is 12.8. The summed E-state index contributed by atoms with van der Waals surface area (Å²) in [6, 6.07) is 6.55. The van der Waals surface area contributed by atoms with E-state index in [1.54, 1.807) is 24.3 Å². The fourth-order valence-electron chi connectivity index (χ4n) is 3.78. The largest absolute Gasteiger partial charge is 0.459 e. The second-order valence-electron chi connectivity index (χ2n) is 7.09. The van der Waals surface area contributed by atoms with Gasteiger partial charge in [0, 0.05) is 6.61 Å². The number of rotatable bonds is 4. The van der Waals surface area contributed by atoms with E-state index in [0.29, 0.717) is 30.7 Å². The number of anilines is 1. The summed E-state index contributed by atoms with van der Waals surface area (Å²) < 4.78 is 10.8. The van der Waals surface area contributed by atoms with Crippen molar-refractivity contribution in [3.63, 3.8) is 0 Å². The van der Waals surface area contributed by atoms with E-state index in [2.05, 4.69) is 5.43 Å². The molecule has 7 nitrogen and oxygen atoms in total. The van der Waals surface area contributed by atoms with Crippen LogP contribution in [-0.2, 0) is 19.1 Å². The van der Waals surface area contributed by atoms with Crippen LogP contribution in [0.15, 0.2) is 36.4 Å². The zero-order valence-electron chi connectivity index (χ0n) is 14.9. The van der Waals surface area contributed by atoms with Crippen molar-refractivity contribution in [1.29, 1.82) is 0 Å². The third-order valence-corrected chi connectivity index (χ3v) is 5.29. The maximum Gasteiger partial charge on any atom is 0.338 e. The van der Waals surface area contributed by atoms with Gasteiger partial charge in [-0.05, 0) is 43.9 Å². The molecule has 2 saturated heterocycles. The molecular weight excluding hydrogens is 348 g/mol. The topological polar surface area (TPSA) is 84.9 Å². The minimum Gasteiger partial charge on any atom is -0.459 e. The molecule has 1 aliphatic carbocycles. The summed E-state index contributed by atoms with van der Waals surface area (Å²) in [4.78, 5) is 37.5. The average Bonchev–Trinajstić information content (AvgIpc) is 3.23. The van der Waals surface area contributed by atoms with Crippen molar-refractivity contribution in [3.8, 4) is 0 Å². The van der Waals surface area contributed by atoms with Gasteiger partial charge in [-0.15, -0.1) is 0 Å². The first-order valence-corrected chi connectivity index (χ1v) is 9.32. The van der Waals surface area contributed by atoms with Crippen LogP contribution in [-0.4, -0.2) is 37.1 Å². The Labute approximate surface area is 157 Å². The van der Waals surface area contributed by atoms with E-state index in [-0.39, 0.29) is 36.4 Å². The third kappa shape index (κ3) is 3.60. The van der Waals surface area contributed by atoms with E-state index in [4.69, 9.17) is 9.47 Å². The van der Waals surface area contributed by atoms with Crippen molar-refractivity contribution in [3.05, 3.63) is 42.0 Å². The molecule has 3 aliphatic rings. The van der Waals surface area contributed by atoms with Crippen molar-refractivity contribution < 1.29 is 23.9 Å². The van der Waals surface area contributed by atoms with Crippen LogP contribution in [0.4, 0.5) is 5.69 Å². The lowest BCUT2D eigenvalue weighted by atomic mass is 9.80. The predicted molar refractivity (Wildman–Crippen MR) is 96.7 cm³/mol. The highest BCUT2D eigenvalue weighted by molar-refractivity contribution is 6.04. The number of allylic oxidation sites excluding steroid dienone is 2. The Morgan fingerprint density at radius 1 is 1.22 bits per heavy atom. The second kappa shape index (κ2) is 7.52. The van der Waals surface area contributed by atoms with Gasteiger partial charge in [0.1, 0.15) is 6.61 Å². The van der Waals surface area contributed by atoms with Crippen LogP contribution in [0.5, 0.6) is 0 Å². The first-order chi connectivity index (χ1) is 13.1. The minimum atomic E-state index is -0.471.